The molecule has 9 nitrogen and oxygen atoms in total. The monoisotopic (exact) mass is 549 g/mol. The van der Waals surface area contributed by atoms with E-state index in [1.165, 1.54) is 23.1 Å². The number of piperazine rings is 1. The van der Waals surface area contributed by atoms with Crippen LogP contribution in [0, 0.1) is 0 Å². The predicted molar refractivity (Wildman–Crippen MR) is 132 cm³/mol. The van der Waals surface area contributed by atoms with Crippen molar-refractivity contribution >= 4 is 40.2 Å². The van der Waals surface area contributed by atoms with Gasteiger partial charge in [0.2, 0.25) is 5.82 Å². The highest BCUT2D eigenvalue weighted by Gasteiger charge is 2.41. The molecule has 2 unspecified atom stereocenters. The number of carbonyl (C=O) groups is 2. The summed E-state index contributed by atoms with van der Waals surface area (Å²) in [6, 6.07) is 10.1. The number of carboxylic acids is 1. The van der Waals surface area contributed by atoms with Gasteiger partial charge < -0.3 is 20.0 Å². The fourth-order valence-corrected chi connectivity index (χ4v) is 5.16. The van der Waals surface area contributed by atoms with Gasteiger partial charge in [0.15, 0.2) is 0 Å². The zero-order valence-corrected chi connectivity index (χ0v) is 20.7. The number of aromatic nitrogens is 2. The second kappa shape index (κ2) is 10.0. The molecule has 0 saturated carbocycles. The molecule has 2 aliphatic heterocycles. The molecular formula is C25H23ClF3N5O4. The fourth-order valence-electron chi connectivity index (χ4n) is 5.03. The first-order valence-electron chi connectivity index (χ1n) is 11.9. The maximum absolute atomic E-state index is 13.6. The maximum atomic E-state index is 13.6. The summed E-state index contributed by atoms with van der Waals surface area (Å²) in [6.07, 6.45) is -5.77. The van der Waals surface area contributed by atoms with E-state index in [1.807, 2.05) is 4.90 Å². The van der Waals surface area contributed by atoms with Crippen LogP contribution in [0.15, 0.2) is 42.5 Å². The highest BCUT2D eigenvalue weighted by Crippen LogP contribution is 2.35. The smallest absolute Gasteiger partial charge is 0.451 e. The second-order valence-electron chi connectivity index (χ2n) is 9.25. The van der Waals surface area contributed by atoms with Gasteiger partial charge in [0.05, 0.1) is 28.6 Å². The van der Waals surface area contributed by atoms with Crippen LogP contribution in [0.5, 0.6) is 0 Å². The van der Waals surface area contributed by atoms with E-state index in [2.05, 4.69) is 9.97 Å². The van der Waals surface area contributed by atoms with E-state index in [-0.39, 0.29) is 41.3 Å². The van der Waals surface area contributed by atoms with Crippen LogP contribution in [0.25, 0.3) is 10.9 Å². The van der Waals surface area contributed by atoms with Crippen molar-refractivity contribution in [1.82, 2.24) is 19.8 Å². The van der Waals surface area contributed by atoms with Crippen molar-refractivity contribution in [2.75, 3.05) is 44.2 Å². The molecule has 0 radical (unpaired) electrons. The van der Waals surface area contributed by atoms with Gasteiger partial charge in [0.1, 0.15) is 5.82 Å². The van der Waals surface area contributed by atoms with Gasteiger partial charge in [-0.25, -0.2) is 14.8 Å². The van der Waals surface area contributed by atoms with Gasteiger partial charge in [-0.05, 0) is 36.4 Å². The summed E-state index contributed by atoms with van der Waals surface area (Å²) in [5.41, 5.74) is 0.147. The first-order valence-corrected chi connectivity index (χ1v) is 12.2. The fraction of sp³-hybridized carbons (Fsp3) is 0.360. The number of aromatic carboxylic acids is 1. The van der Waals surface area contributed by atoms with Gasteiger partial charge in [0, 0.05) is 49.9 Å². The number of fused-ring (bicyclic) bond motifs is 1. The number of aliphatic hydroxyl groups is 1. The Balaban J connectivity index is 1.37. The largest absolute Gasteiger partial charge is 0.478 e. The van der Waals surface area contributed by atoms with Crippen molar-refractivity contribution in [2.45, 2.75) is 18.3 Å². The van der Waals surface area contributed by atoms with E-state index < -0.39 is 30.1 Å². The molecule has 2 atom stereocenters. The Morgan fingerprint density at radius 2 is 1.66 bits per heavy atom. The van der Waals surface area contributed by atoms with Gasteiger partial charge in [-0.15, -0.1) is 0 Å². The lowest BCUT2D eigenvalue weighted by molar-refractivity contribution is -0.144. The molecule has 0 bridgehead atoms. The molecular weight excluding hydrogens is 527 g/mol. The number of rotatable bonds is 4. The van der Waals surface area contributed by atoms with Crippen molar-refractivity contribution in [3.8, 4) is 0 Å². The molecule has 2 saturated heterocycles. The number of β-amino-alcohol motifs (C(OH)–C–C–N with tert-alkyl or cyclic N) is 1. The highest BCUT2D eigenvalue weighted by molar-refractivity contribution is 6.30. The van der Waals surface area contributed by atoms with Gasteiger partial charge in [-0.1, -0.05) is 17.7 Å². The van der Waals surface area contributed by atoms with Crippen molar-refractivity contribution < 1.29 is 33.0 Å². The topological polar surface area (TPSA) is 110 Å². The Labute approximate surface area is 220 Å². The number of halogens is 4. The third-order valence-corrected chi connectivity index (χ3v) is 7.16. The van der Waals surface area contributed by atoms with Crippen LogP contribution in [-0.4, -0.2) is 93.3 Å². The van der Waals surface area contributed by atoms with E-state index in [0.29, 0.717) is 36.8 Å². The number of carboxylic acid groups (broad SMARTS) is 1. The van der Waals surface area contributed by atoms with Gasteiger partial charge in [-0.2, -0.15) is 13.2 Å². The van der Waals surface area contributed by atoms with Crippen LogP contribution in [0.3, 0.4) is 0 Å². The van der Waals surface area contributed by atoms with Gasteiger partial charge in [0.25, 0.3) is 5.91 Å². The third-order valence-electron chi connectivity index (χ3n) is 6.91. The van der Waals surface area contributed by atoms with E-state index in [4.69, 9.17) is 11.6 Å². The van der Waals surface area contributed by atoms with Crippen LogP contribution < -0.4 is 4.90 Å². The Morgan fingerprint density at radius 3 is 2.29 bits per heavy atom. The quantitative estimate of drug-likeness (QED) is 0.511. The zero-order valence-electron chi connectivity index (χ0n) is 19.9. The van der Waals surface area contributed by atoms with Gasteiger partial charge in [-0.3, -0.25) is 9.69 Å². The van der Waals surface area contributed by atoms with E-state index in [9.17, 15) is 33.0 Å². The van der Waals surface area contributed by atoms with Crippen LogP contribution in [0.2, 0.25) is 5.02 Å². The molecule has 13 heteroatoms. The number of hydrogen-bond acceptors (Lipinski definition) is 7. The normalized spacial score (nSPS) is 20.8. The molecule has 0 aliphatic carbocycles. The van der Waals surface area contributed by atoms with Gasteiger partial charge >= 0.3 is 12.1 Å². The SMILES string of the molecule is O=C(O)c1cccc2nc(C(F)(F)F)nc(N3CC(O)C(N4CCN(C(=O)c5ccc(Cl)cc5)CC4)C3)c12. The van der Waals surface area contributed by atoms with E-state index in [0.717, 1.165) is 0 Å². The third kappa shape index (κ3) is 4.98. The standard InChI is InChI=1S/C25H23ClF3N5O4/c26-15-6-4-14(5-7-15)22(36)33-10-8-32(9-11-33)18-12-34(13-19(18)35)21-20-16(23(37)38)2-1-3-17(20)30-24(31-21)25(27,28)29/h1-7,18-19,35H,8-13H2,(H,37,38). The Bertz CT molecular complexity index is 1380. The zero-order chi connectivity index (χ0) is 27.2. The van der Waals surface area contributed by atoms with Crippen molar-refractivity contribution in [2.24, 2.45) is 0 Å². The Morgan fingerprint density at radius 1 is 0.974 bits per heavy atom. The average Bonchev–Trinajstić information content (AvgIpc) is 3.28. The Kier molecular flexibility index (Phi) is 6.88. The first kappa shape index (κ1) is 26.1. The summed E-state index contributed by atoms with van der Waals surface area (Å²) < 4.78 is 40.7. The number of carbonyl (C=O) groups excluding carboxylic acids is 1. The molecule has 200 valence electrons. The number of amides is 1. The molecule has 5 rings (SSSR count). The van der Waals surface area contributed by atoms with E-state index in [1.54, 1.807) is 29.2 Å². The van der Waals surface area contributed by atoms with Crippen LogP contribution in [-0.2, 0) is 6.18 Å². The van der Waals surface area contributed by atoms with E-state index >= 15 is 0 Å². The molecule has 0 spiro atoms. The predicted octanol–water partition coefficient (Wildman–Crippen LogP) is 3.01. The lowest BCUT2D eigenvalue weighted by Gasteiger charge is -2.38. The second-order valence-corrected chi connectivity index (χ2v) is 9.68. The molecule has 3 heterocycles. The summed E-state index contributed by atoms with van der Waals surface area (Å²) >= 11 is 5.90. The number of hydrogen-bond donors (Lipinski definition) is 2. The summed E-state index contributed by atoms with van der Waals surface area (Å²) in [5.74, 6) is -3.02. The number of nitrogens with zero attached hydrogens (tertiary/aromatic N) is 5. The number of benzene rings is 2. The van der Waals surface area contributed by atoms with Crippen LogP contribution >= 0.6 is 11.6 Å². The average molecular weight is 550 g/mol. The van der Waals surface area contributed by atoms with Crippen LogP contribution in [0.4, 0.5) is 19.0 Å². The molecule has 1 amide bonds. The molecule has 1 aromatic heterocycles. The minimum atomic E-state index is -4.84. The molecule has 2 aromatic carbocycles. The van der Waals surface area contributed by atoms with Crippen LogP contribution in [0.1, 0.15) is 26.5 Å². The first-order chi connectivity index (χ1) is 18.0. The summed E-state index contributed by atoms with van der Waals surface area (Å²) in [7, 11) is 0. The lowest BCUT2D eigenvalue weighted by Crippen LogP contribution is -2.54. The Hall–Kier alpha value is -3.48. The molecule has 38 heavy (non-hydrogen) atoms. The molecule has 2 N–H and O–H groups in total. The summed E-state index contributed by atoms with van der Waals surface area (Å²) in [4.78, 5) is 37.1. The number of alkyl halides is 3. The number of aliphatic hydroxyl groups excluding tert-OH is 1. The molecule has 3 aromatic rings. The highest BCUT2D eigenvalue weighted by atomic mass is 35.5. The van der Waals surface area contributed by atoms with Crippen molar-refractivity contribution in [3.63, 3.8) is 0 Å². The summed E-state index contributed by atoms with van der Waals surface area (Å²) in [6.45, 7) is 1.81. The van der Waals surface area contributed by atoms with Crippen molar-refractivity contribution in [1.29, 1.82) is 0 Å². The lowest BCUT2D eigenvalue weighted by atomic mass is 10.1. The minimum Gasteiger partial charge on any atom is -0.478 e. The molecule has 2 aliphatic rings. The minimum absolute atomic E-state index is 0.0146. The number of anilines is 1. The maximum Gasteiger partial charge on any atom is 0.451 e. The molecule has 2 fully saturated rings. The van der Waals surface area contributed by atoms with Crippen molar-refractivity contribution in [3.05, 3.63) is 64.4 Å². The summed E-state index contributed by atoms with van der Waals surface area (Å²) in [5, 5.41) is 21.0.